The molecule has 0 aliphatic rings. The molecule has 0 bridgehead atoms. The Bertz CT molecular complexity index is 1650. The largest absolute Gasteiger partial charge is 0.204 e. The molecule has 0 aromatic heterocycles. The second-order valence-electron chi connectivity index (χ2n) is 8.85. The minimum absolute atomic E-state index is 0.437. The van der Waals surface area contributed by atoms with Gasteiger partial charge in [-0.25, -0.2) is 17.6 Å². The van der Waals surface area contributed by atoms with Gasteiger partial charge in [-0.15, -0.1) is 0 Å². The molecule has 0 aliphatic carbocycles. The quantitative estimate of drug-likeness (QED) is 0.143. The Morgan fingerprint density at radius 1 is 0.500 bits per heavy atom. The highest BCUT2D eigenvalue weighted by Crippen LogP contribution is 2.45. The Kier molecular flexibility index (Phi) is 4.43. The zero-order valence-electron chi connectivity index (χ0n) is 18.2. The van der Waals surface area contributed by atoms with Crippen molar-refractivity contribution in [1.82, 2.24) is 0 Å². The van der Waals surface area contributed by atoms with Crippen LogP contribution in [-0.4, -0.2) is 0 Å². The maximum Gasteiger partial charge on any atom is 0.159 e. The molecule has 0 spiro atoms. The molecule has 0 saturated carbocycles. The zero-order valence-corrected chi connectivity index (χ0v) is 18.2. The third-order valence-electron chi connectivity index (χ3n) is 7.06. The second-order valence-corrected chi connectivity index (χ2v) is 8.85. The highest BCUT2D eigenvalue weighted by atomic mass is 19.2. The number of hydrogen-bond acceptors (Lipinski definition) is 0. The molecule has 6 aromatic carbocycles. The molecular formula is C30H18F4. The summed E-state index contributed by atoms with van der Waals surface area (Å²) in [6.45, 7) is 1.83. The summed E-state index contributed by atoms with van der Waals surface area (Å²) >= 11 is 0. The van der Waals surface area contributed by atoms with Crippen molar-refractivity contribution >= 4 is 32.3 Å². The molecule has 0 amide bonds. The molecule has 0 heterocycles. The van der Waals surface area contributed by atoms with E-state index in [4.69, 9.17) is 0 Å². The molecule has 6 aromatic rings. The van der Waals surface area contributed by atoms with E-state index in [2.05, 4.69) is 24.3 Å². The van der Waals surface area contributed by atoms with Crippen molar-refractivity contribution < 1.29 is 17.6 Å². The molecule has 0 atom stereocenters. The molecule has 6 rings (SSSR count). The Morgan fingerprint density at radius 2 is 1.00 bits per heavy atom. The van der Waals surface area contributed by atoms with E-state index in [9.17, 15) is 17.6 Å². The van der Waals surface area contributed by atoms with Gasteiger partial charge in [0.1, 0.15) is 0 Å². The summed E-state index contributed by atoms with van der Waals surface area (Å²) in [7, 11) is 0. The monoisotopic (exact) mass is 454 g/mol. The molecule has 34 heavy (non-hydrogen) atoms. The van der Waals surface area contributed by atoms with Crippen LogP contribution in [0.1, 0.15) is 23.6 Å². The van der Waals surface area contributed by atoms with E-state index in [-0.39, 0.29) is 0 Å². The molecule has 0 radical (unpaired) electrons. The van der Waals surface area contributed by atoms with Crippen LogP contribution in [0.25, 0.3) is 32.3 Å². The first-order valence-electron chi connectivity index (χ1n) is 11.0. The standard InChI is InChI=1S/C30H18F4/c1-30(20-9-13-24(31)26(33)15-20,21-10-14-25(32)27(34)16-21)23-12-8-19-6-5-17-3-2-4-18-7-11-22(23)29(19)28(17)18/h2-16H,1H3. The lowest BCUT2D eigenvalue weighted by atomic mass is 9.69. The molecular weight excluding hydrogens is 436 g/mol. The normalized spacial score (nSPS) is 12.3. The van der Waals surface area contributed by atoms with Gasteiger partial charge in [0.05, 0.1) is 0 Å². The molecule has 166 valence electrons. The first-order valence-corrected chi connectivity index (χ1v) is 11.0. The smallest absolute Gasteiger partial charge is 0.159 e. The van der Waals surface area contributed by atoms with Crippen LogP contribution in [0.3, 0.4) is 0 Å². The van der Waals surface area contributed by atoms with Gasteiger partial charge >= 0.3 is 0 Å². The van der Waals surface area contributed by atoms with E-state index in [1.807, 2.05) is 37.3 Å². The Morgan fingerprint density at radius 3 is 1.56 bits per heavy atom. The van der Waals surface area contributed by atoms with Crippen molar-refractivity contribution in [2.24, 2.45) is 0 Å². The summed E-state index contributed by atoms with van der Waals surface area (Å²) < 4.78 is 56.5. The van der Waals surface area contributed by atoms with E-state index >= 15 is 0 Å². The predicted molar refractivity (Wildman–Crippen MR) is 128 cm³/mol. The second kappa shape index (κ2) is 7.29. The van der Waals surface area contributed by atoms with Crippen molar-refractivity contribution in [1.29, 1.82) is 0 Å². The fourth-order valence-electron chi connectivity index (χ4n) is 5.26. The average Bonchev–Trinajstić information content (AvgIpc) is 2.85. The average molecular weight is 454 g/mol. The minimum atomic E-state index is -1.09. The maximum absolute atomic E-state index is 14.4. The molecule has 0 N–H and O–H groups in total. The van der Waals surface area contributed by atoms with Crippen LogP contribution >= 0.6 is 0 Å². The highest BCUT2D eigenvalue weighted by molar-refractivity contribution is 6.23. The van der Waals surface area contributed by atoms with E-state index in [1.54, 1.807) is 0 Å². The van der Waals surface area contributed by atoms with Crippen molar-refractivity contribution in [3.8, 4) is 0 Å². The first-order chi connectivity index (χ1) is 16.4. The van der Waals surface area contributed by atoms with Gasteiger partial charge in [-0.1, -0.05) is 66.7 Å². The summed E-state index contributed by atoms with van der Waals surface area (Å²) in [6, 6.07) is 25.6. The summed E-state index contributed by atoms with van der Waals surface area (Å²) in [5.41, 5.74) is 0.570. The number of benzene rings is 6. The van der Waals surface area contributed by atoms with Crippen molar-refractivity contribution in [2.75, 3.05) is 0 Å². The van der Waals surface area contributed by atoms with Crippen LogP contribution in [0.2, 0.25) is 0 Å². The summed E-state index contributed by atoms with van der Waals surface area (Å²) in [5, 5.41) is 6.30. The van der Waals surface area contributed by atoms with Crippen LogP contribution in [0.15, 0.2) is 91.0 Å². The lowest BCUT2D eigenvalue weighted by Gasteiger charge is -2.33. The molecule has 0 fully saturated rings. The Hall–Kier alpha value is -3.92. The third kappa shape index (κ3) is 2.84. The van der Waals surface area contributed by atoms with Gasteiger partial charge in [0.2, 0.25) is 0 Å². The number of halogens is 4. The van der Waals surface area contributed by atoms with Crippen LogP contribution in [0.4, 0.5) is 17.6 Å². The topological polar surface area (TPSA) is 0 Å². The lowest BCUT2D eigenvalue weighted by molar-refractivity contribution is 0.499. The van der Waals surface area contributed by atoms with Crippen LogP contribution in [0.5, 0.6) is 0 Å². The predicted octanol–water partition coefficient (Wildman–Crippen LogP) is 8.49. The summed E-state index contributed by atoms with van der Waals surface area (Å²) in [4.78, 5) is 0. The number of hydrogen-bond donors (Lipinski definition) is 0. The first kappa shape index (κ1) is 20.7. The van der Waals surface area contributed by atoms with E-state index in [0.717, 1.165) is 62.1 Å². The molecule has 0 saturated heterocycles. The Balaban J connectivity index is 1.76. The van der Waals surface area contributed by atoms with Crippen molar-refractivity contribution in [3.05, 3.63) is 131 Å². The minimum Gasteiger partial charge on any atom is -0.204 e. The van der Waals surface area contributed by atoms with Crippen molar-refractivity contribution in [2.45, 2.75) is 12.3 Å². The summed E-state index contributed by atoms with van der Waals surface area (Å²) in [5.74, 6) is -3.92. The van der Waals surface area contributed by atoms with E-state index in [1.165, 1.54) is 12.1 Å². The fraction of sp³-hybridized carbons (Fsp3) is 0.0667. The van der Waals surface area contributed by atoms with Gasteiger partial charge in [-0.2, -0.15) is 0 Å². The van der Waals surface area contributed by atoms with Crippen molar-refractivity contribution in [3.63, 3.8) is 0 Å². The van der Waals surface area contributed by atoms with Gasteiger partial charge < -0.3 is 0 Å². The van der Waals surface area contributed by atoms with Gasteiger partial charge in [-0.3, -0.25) is 0 Å². The van der Waals surface area contributed by atoms with Crippen LogP contribution in [-0.2, 0) is 5.41 Å². The molecule has 0 nitrogen and oxygen atoms in total. The highest BCUT2D eigenvalue weighted by Gasteiger charge is 2.34. The lowest BCUT2D eigenvalue weighted by Crippen LogP contribution is -2.26. The maximum atomic E-state index is 14.4. The third-order valence-corrected chi connectivity index (χ3v) is 7.06. The van der Waals surface area contributed by atoms with E-state index < -0.39 is 28.7 Å². The fourth-order valence-corrected chi connectivity index (χ4v) is 5.26. The number of rotatable bonds is 3. The van der Waals surface area contributed by atoms with Crippen LogP contribution < -0.4 is 0 Å². The molecule has 0 unspecified atom stereocenters. The molecule has 0 aliphatic heterocycles. The van der Waals surface area contributed by atoms with E-state index in [0.29, 0.717) is 11.1 Å². The Labute approximate surface area is 193 Å². The summed E-state index contributed by atoms with van der Waals surface area (Å²) in [6.07, 6.45) is 0. The van der Waals surface area contributed by atoms with Crippen LogP contribution in [0, 0.1) is 23.3 Å². The molecule has 4 heteroatoms. The van der Waals surface area contributed by atoms with Gasteiger partial charge in [-0.05, 0) is 80.2 Å². The van der Waals surface area contributed by atoms with Gasteiger partial charge in [0, 0.05) is 5.41 Å². The van der Waals surface area contributed by atoms with Gasteiger partial charge in [0.15, 0.2) is 23.3 Å². The SMILES string of the molecule is CC(c1ccc(F)c(F)c1)(c1ccc(F)c(F)c1)c1ccc2ccc3cccc4ccc1c2c34. The zero-order chi connectivity index (χ0) is 23.6. The van der Waals surface area contributed by atoms with Gasteiger partial charge in [0.25, 0.3) is 0 Å².